The molecule has 2 aromatic rings. The molecule has 84 valence electrons. The van der Waals surface area contributed by atoms with Crippen molar-refractivity contribution < 1.29 is 9.66 Å². The van der Waals surface area contributed by atoms with Crippen molar-refractivity contribution in [1.29, 1.82) is 0 Å². The summed E-state index contributed by atoms with van der Waals surface area (Å²) in [5, 5.41) is 11.7. The van der Waals surface area contributed by atoms with Crippen LogP contribution in [0.4, 0.5) is 5.69 Å². The van der Waals surface area contributed by atoms with Gasteiger partial charge >= 0.3 is 5.69 Å². The van der Waals surface area contributed by atoms with Crippen molar-refractivity contribution in [3.63, 3.8) is 0 Å². The van der Waals surface area contributed by atoms with Crippen LogP contribution < -0.4 is 4.74 Å². The number of nitrogens with zero attached hydrogens (tertiary/aromatic N) is 1. The molecular weight excluding hydrogens is 208 g/mol. The van der Waals surface area contributed by atoms with E-state index < -0.39 is 4.92 Å². The quantitative estimate of drug-likeness (QED) is 0.638. The summed E-state index contributed by atoms with van der Waals surface area (Å²) in [5.41, 5.74) is 1.74. The zero-order valence-corrected chi connectivity index (χ0v) is 9.11. The van der Waals surface area contributed by atoms with Crippen molar-refractivity contribution in [2.75, 3.05) is 7.11 Å². The number of methoxy groups -OCH3 is 1. The van der Waals surface area contributed by atoms with Gasteiger partial charge in [-0.15, -0.1) is 0 Å². The highest BCUT2D eigenvalue weighted by molar-refractivity contribution is 5.94. The van der Waals surface area contributed by atoms with Gasteiger partial charge < -0.3 is 9.72 Å². The second-order valence-electron chi connectivity index (χ2n) is 3.46. The third-order valence-electron chi connectivity index (χ3n) is 2.65. The Kier molecular flexibility index (Phi) is 2.52. The first-order valence-electron chi connectivity index (χ1n) is 5.00. The van der Waals surface area contributed by atoms with Gasteiger partial charge in [0.2, 0.25) is 0 Å². The summed E-state index contributed by atoms with van der Waals surface area (Å²) in [5.74, 6) is 0.298. The van der Waals surface area contributed by atoms with Gasteiger partial charge in [0.05, 0.1) is 22.9 Å². The first-order valence-corrected chi connectivity index (χ1v) is 5.00. The summed E-state index contributed by atoms with van der Waals surface area (Å²) in [6.45, 7) is 1.96. The van der Waals surface area contributed by atoms with Crippen LogP contribution in [0.5, 0.6) is 5.75 Å². The van der Waals surface area contributed by atoms with Crippen molar-refractivity contribution in [1.82, 2.24) is 4.98 Å². The molecule has 1 heterocycles. The summed E-state index contributed by atoms with van der Waals surface area (Å²) >= 11 is 0. The second kappa shape index (κ2) is 3.84. The average Bonchev–Trinajstić information content (AvgIpc) is 2.69. The van der Waals surface area contributed by atoms with Crippen molar-refractivity contribution in [2.24, 2.45) is 0 Å². The van der Waals surface area contributed by atoms with Crippen molar-refractivity contribution in [2.45, 2.75) is 13.3 Å². The largest absolute Gasteiger partial charge is 0.490 e. The van der Waals surface area contributed by atoms with E-state index in [-0.39, 0.29) is 5.69 Å². The fourth-order valence-corrected chi connectivity index (χ4v) is 1.88. The summed E-state index contributed by atoms with van der Waals surface area (Å²) in [6, 6.07) is 3.40. The monoisotopic (exact) mass is 220 g/mol. The standard InChI is InChI=1S/C11H12N2O3/c1-3-7-6-12-8-4-5-9(16-2)11(10(7)8)13(14)15/h4-6,12H,3H2,1-2H3. The molecule has 16 heavy (non-hydrogen) atoms. The van der Waals surface area contributed by atoms with Crippen LogP contribution in [0.25, 0.3) is 10.9 Å². The topological polar surface area (TPSA) is 68.2 Å². The van der Waals surface area contributed by atoms with Crippen LogP contribution in [0.2, 0.25) is 0 Å². The molecule has 0 amide bonds. The predicted molar refractivity (Wildman–Crippen MR) is 60.9 cm³/mol. The van der Waals surface area contributed by atoms with E-state index in [0.29, 0.717) is 11.1 Å². The van der Waals surface area contributed by atoms with Crippen molar-refractivity contribution in [3.8, 4) is 5.75 Å². The van der Waals surface area contributed by atoms with Gasteiger partial charge in [-0.3, -0.25) is 10.1 Å². The van der Waals surface area contributed by atoms with E-state index in [0.717, 1.165) is 17.5 Å². The molecule has 2 rings (SSSR count). The Hall–Kier alpha value is -2.04. The normalized spacial score (nSPS) is 10.6. The van der Waals surface area contributed by atoms with Crippen LogP contribution in [0.3, 0.4) is 0 Å². The number of rotatable bonds is 3. The number of nitro groups is 1. The molecule has 0 saturated carbocycles. The number of hydrogen-bond donors (Lipinski definition) is 1. The van der Waals surface area contributed by atoms with E-state index in [4.69, 9.17) is 4.74 Å². The number of ether oxygens (including phenoxy) is 1. The molecule has 0 atom stereocenters. The van der Waals surface area contributed by atoms with E-state index in [1.54, 1.807) is 18.3 Å². The average molecular weight is 220 g/mol. The van der Waals surface area contributed by atoms with Gasteiger partial charge in [0.1, 0.15) is 0 Å². The van der Waals surface area contributed by atoms with E-state index >= 15 is 0 Å². The number of aryl methyl sites for hydroxylation is 1. The first-order chi connectivity index (χ1) is 7.69. The molecule has 0 unspecified atom stereocenters. The highest BCUT2D eigenvalue weighted by Crippen LogP contribution is 2.36. The molecular formula is C11H12N2O3. The Morgan fingerprint density at radius 3 is 2.81 bits per heavy atom. The molecule has 0 radical (unpaired) electrons. The maximum atomic E-state index is 11.1. The molecule has 0 aliphatic heterocycles. The number of nitrogens with one attached hydrogen (secondary N) is 1. The fourth-order valence-electron chi connectivity index (χ4n) is 1.88. The van der Waals surface area contributed by atoms with Gasteiger partial charge in [-0.1, -0.05) is 6.92 Å². The van der Waals surface area contributed by atoms with Crippen LogP contribution in [-0.4, -0.2) is 17.0 Å². The lowest BCUT2D eigenvalue weighted by atomic mass is 10.1. The van der Waals surface area contributed by atoms with Crippen molar-refractivity contribution >= 4 is 16.6 Å². The Balaban J connectivity index is 2.85. The number of nitro benzene ring substituents is 1. The van der Waals surface area contributed by atoms with Gasteiger partial charge in [0.15, 0.2) is 5.75 Å². The lowest BCUT2D eigenvalue weighted by Crippen LogP contribution is -1.95. The zero-order chi connectivity index (χ0) is 11.7. The molecule has 1 N–H and O–H groups in total. The minimum Gasteiger partial charge on any atom is -0.490 e. The summed E-state index contributed by atoms with van der Waals surface area (Å²) in [6.07, 6.45) is 2.55. The lowest BCUT2D eigenvalue weighted by Gasteiger charge is -2.03. The highest BCUT2D eigenvalue weighted by atomic mass is 16.6. The molecule has 1 aromatic carbocycles. The molecule has 0 aliphatic carbocycles. The second-order valence-corrected chi connectivity index (χ2v) is 3.46. The van der Waals surface area contributed by atoms with E-state index in [1.165, 1.54) is 7.11 Å². The molecule has 1 aromatic heterocycles. The highest BCUT2D eigenvalue weighted by Gasteiger charge is 2.22. The fraction of sp³-hybridized carbons (Fsp3) is 0.273. The molecule has 0 fully saturated rings. The minimum atomic E-state index is -0.395. The number of hydrogen-bond acceptors (Lipinski definition) is 3. The van der Waals surface area contributed by atoms with Crippen LogP contribution >= 0.6 is 0 Å². The Bertz CT molecular complexity index is 545. The number of fused-ring (bicyclic) bond motifs is 1. The number of benzene rings is 1. The van der Waals surface area contributed by atoms with Gasteiger partial charge in [0, 0.05) is 6.20 Å². The Morgan fingerprint density at radius 1 is 1.50 bits per heavy atom. The summed E-state index contributed by atoms with van der Waals surface area (Å²) in [7, 11) is 1.44. The summed E-state index contributed by atoms with van der Waals surface area (Å²) in [4.78, 5) is 13.7. The number of aromatic amines is 1. The van der Waals surface area contributed by atoms with Crippen LogP contribution in [0.15, 0.2) is 18.3 Å². The maximum Gasteiger partial charge on any atom is 0.320 e. The minimum absolute atomic E-state index is 0.0399. The number of H-pyrrole nitrogens is 1. The SMILES string of the molecule is CCc1c[nH]c2ccc(OC)c([N+](=O)[O-])c12. The summed E-state index contributed by atoms with van der Waals surface area (Å²) < 4.78 is 5.03. The number of aromatic nitrogens is 1. The smallest absolute Gasteiger partial charge is 0.320 e. The van der Waals surface area contributed by atoms with Gasteiger partial charge in [-0.2, -0.15) is 0 Å². The van der Waals surface area contributed by atoms with Gasteiger partial charge in [-0.05, 0) is 24.1 Å². The lowest BCUT2D eigenvalue weighted by molar-refractivity contribution is -0.384. The van der Waals surface area contributed by atoms with E-state index in [1.807, 2.05) is 6.92 Å². The van der Waals surface area contributed by atoms with E-state index in [9.17, 15) is 10.1 Å². The Labute approximate surface area is 92.2 Å². The predicted octanol–water partition coefficient (Wildman–Crippen LogP) is 2.65. The molecule has 5 heteroatoms. The Morgan fingerprint density at radius 2 is 2.25 bits per heavy atom. The molecule has 0 aliphatic rings. The van der Waals surface area contributed by atoms with Crippen molar-refractivity contribution in [3.05, 3.63) is 34.0 Å². The van der Waals surface area contributed by atoms with Gasteiger partial charge in [0.25, 0.3) is 0 Å². The third kappa shape index (κ3) is 1.41. The van der Waals surface area contributed by atoms with Crippen LogP contribution in [0, 0.1) is 10.1 Å². The van der Waals surface area contributed by atoms with Crippen LogP contribution in [-0.2, 0) is 6.42 Å². The van der Waals surface area contributed by atoms with E-state index in [2.05, 4.69) is 4.98 Å². The zero-order valence-electron chi connectivity index (χ0n) is 9.11. The van der Waals surface area contributed by atoms with Crippen LogP contribution in [0.1, 0.15) is 12.5 Å². The van der Waals surface area contributed by atoms with Gasteiger partial charge in [-0.25, -0.2) is 0 Å². The molecule has 0 bridgehead atoms. The molecule has 0 saturated heterocycles. The molecule has 0 spiro atoms. The molecule has 5 nitrogen and oxygen atoms in total. The maximum absolute atomic E-state index is 11.1. The first kappa shape index (κ1) is 10.5. The third-order valence-corrected chi connectivity index (χ3v) is 2.65.